The van der Waals surface area contributed by atoms with Gasteiger partial charge in [-0.3, -0.25) is 4.98 Å². The van der Waals surface area contributed by atoms with Gasteiger partial charge in [0.15, 0.2) is 5.75 Å². The number of alkyl halides is 1. The van der Waals surface area contributed by atoms with E-state index < -0.39 is 6.16 Å². The predicted molar refractivity (Wildman–Crippen MR) is 46.8 cm³/mol. The Labute approximate surface area is 80.4 Å². The molecule has 70 valence electrons. The van der Waals surface area contributed by atoms with Crippen LogP contribution in [-0.2, 0) is 10.6 Å². The Morgan fingerprint density at radius 1 is 1.62 bits per heavy atom. The third-order valence-electron chi connectivity index (χ3n) is 1.30. The Morgan fingerprint density at radius 3 is 2.85 bits per heavy atom. The summed E-state index contributed by atoms with van der Waals surface area (Å²) < 4.78 is 8.99. The van der Waals surface area contributed by atoms with Crippen LogP contribution < -0.4 is 4.74 Å². The second-order valence-corrected chi connectivity index (χ2v) is 2.44. The molecule has 1 aromatic rings. The average molecular weight is 202 g/mol. The van der Waals surface area contributed by atoms with Crippen molar-refractivity contribution in [2.45, 2.75) is 5.88 Å². The van der Waals surface area contributed by atoms with Gasteiger partial charge >= 0.3 is 6.16 Å². The molecule has 0 N–H and O–H groups in total. The van der Waals surface area contributed by atoms with Gasteiger partial charge in [-0.1, -0.05) is 0 Å². The summed E-state index contributed by atoms with van der Waals surface area (Å²) in [6, 6.07) is 3.27. The van der Waals surface area contributed by atoms with Crippen molar-refractivity contribution >= 4 is 17.8 Å². The fraction of sp³-hybridized carbons (Fsp3) is 0.250. The fourth-order valence-electron chi connectivity index (χ4n) is 0.688. The van der Waals surface area contributed by atoms with Crippen molar-refractivity contribution in [3.63, 3.8) is 0 Å². The molecule has 0 unspecified atom stereocenters. The highest BCUT2D eigenvalue weighted by molar-refractivity contribution is 6.16. The minimum Gasteiger partial charge on any atom is -0.437 e. The maximum Gasteiger partial charge on any atom is 0.513 e. The molecule has 0 atom stereocenters. The molecule has 1 aromatic heterocycles. The molecule has 4 nitrogen and oxygen atoms in total. The highest BCUT2D eigenvalue weighted by Crippen LogP contribution is 2.10. The smallest absolute Gasteiger partial charge is 0.437 e. The lowest BCUT2D eigenvalue weighted by Crippen LogP contribution is -2.07. The second kappa shape index (κ2) is 4.67. The maximum absolute atomic E-state index is 10.6. The molecule has 0 aliphatic carbocycles. The number of hydrogen-bond donors (Lipinski definition) is 0. The molecule has 0 aromatic carbocycles. The summed E-state index contributed by atoms with van der Waals surface area (Å²) in [4.78, 5) is 14.6. The van der Waals surface area contributed by atoms with E-state index in [0.717, 1.165) is 5.69 Å². The number of carbonyl (C=O) groups is 1. The van der Waals surface area contributed by atoms with E-state index in [1.54, 1.807) is 12.1 Å². The topological polar surface area (TPSA) is 48.4 Å². The molecule has 1 heterocycles. The standard InChI is InChI=1S/C8H8ClNO3/c1-12-8(11)13-7-3-2-6(4-9)10-5-7/h2-3,5H,4H2,1H3. The van der Waals surface area contributed by atoms with Crippen LogP contribution in [-0.4, -0.2) is 18.2 Å². The summed E-state index contributed by atoms with van der Waals surface area (Å²) in [5.74, 6) is 0.666. The molecule has 1 rings (SSSR count). The van der Waals surface area contributed by atoms with Crippen molar-refractivity contribution in [2.24, 2.45) is 0 Å². The van der Waals surface area contributed by atoms with Gasteiger partial charge in [0.25, 0.3) is 0 Å². The Kier molecular flexibility index (Phi) is 3.52. The first-order chi connectivity index (χ1) is 6.26. The van der Waals surface area contributed by atoms with Gasteiger partial charge in [-0.05, 0) is 12.1 Å². The summed E-state index contributed by atoms with van der Waals surface area (Å²) >= 11 is 5.52. The first-order valence-corrected chi connectivity index (χ1v) is 4.06. The lowest BCUT2D eigenvalue weighted by Gasteiger charge is -2.01. The van der Waals surface area contributed by atoms with Gasteiger partial charge in [0.05, 0.1) is 24.9 Å². The highest BCUT2D eigenvalue weighted by Gasteiger charge is 2.02. The van der Waals surface area contributed by atoms with Crippen molar-refractivity contribution in [1.29, 1.82) is 0 Å². The number of hydrogen-bond acceptors (Lipinski definition) is 4. The third kappa shape index (κ3) is 2.91. The van der Waals surface area contributed by atoms with E-state index in [1.165, 1.54) is 13.3 Å². The van der Waals surface area contributed by atoms with Crippen LogP contribution in [0.5, 0.6) is 5.75 Å². The molecule has 0 fully saturated rings. The number of rotatable bonds is 2. The minimum absolute atomic E-state index is 0.332. The van der Waals surface area contributed by atoms with Gasteiger partial charge in [-0.25, -0.2) is 4.79 Å². The molecular weight excluding hydrogens is 194 g/mol. The lowest BCUT2D eigenvalue weighted by atomic mass is 10.4. The number of carbonyl (C=O) groups excluding carboxylic acids is 1. The SMILES string of the molecule is COC(=O)Oc1ccc(CCl)nc1. The van der Waals surface area contributed by atoms with E-state index in [-0.39, 0.29) is 0 Å². The molecule has 0 saturated heterocycles. The number of ether oxygens (including phenoxy) is 2. The number of halogens is 1. The Hall–Kier alpha value is -1.29. The summed E-state index contributed by atoms with van der Waals surface area (Å²) in [6.45, 7) is 0. The molecular formula is C8H8ClNO3. The summed E-state index contributed by atoms with van der Waals surface area (Å²) in [5, 5.41) is 0. The maximum atomic E-state index is 10.6. The Morgan fingerprint density at radius 2 is 2.38 bits per heavy atom. The number of pyridine rings is 1. The van der Waals surface area contributed by atoms with E-state index in [2.05, 4.69) is 9.72 Å². The van der Waals surface area contributed by atoms with E-state index in [9.17, 15) is 4.79 Å². The number of nitrogens with zero attached hydrogens (tertiary/aromatic N) is 1. The fourth-order valence-corrected chi connectivity index (χ4v) is 0.846. The molecule has 0 spiro atoms. The van der Waals surface area contributed by atoms with E-state index in [4.69, 9.17) is 16.3 Å². The Bertz CT molecular complexity index is 286. The van der Waals surface area contributed by atoms with Crippen LogP contribution in [0.25, 0.3) is 0 Å². The van der Waals surface area contributed by atoms with Crippen molar-refractivity contribution < 1.29 is 14.3 Å². The monoisotopic (exact) mass is 201 g/mol. The van der Waals surface area contributed by atoms with Crippen LogP contribution in [0.4, 0.5) is 4.79 Å². The van der Waals surface area contributed by atoms with Gasteiger partial charge in [-0.15, -0.1) is 11.6 Å². The van der Waals surface area contributed by atoms with Crippen LogP contribution in [0.3, 0.4) is 0 Å². The Balaban J connectivity index is 2.64. The quantitative estimate of drug-likeness (QED) is 0.542. The zero-order chi connectivity index (χ0) is 9.68. The lowest BCUT2D eigenvalue weighted by molar-refractivity contribution is 0.121. The summed E-state index contributed by atoms with van der Waals surface area (Å²) in [5.41, 5.74) is 0.721. The molecule has 0 amide bonds. The van der Waals surface area contributed by atoms with E-state index in [0.29, 0.717) is 11.6 Å². The first kappa shape index (κ1) is 9.80. The average Bonchev–Trinajstić information content (AvgIpc) is 2.19. The first-order valence-electron chi connectivity index (χ1n) is 3.53. The molecule has 0 radical (unpaired) electrons. The zero-order valence-electron chi connectivity index (χ0n) is 6.99. The van der Waals surface area contributed by atoms with Gasteiger partial charge in [0, 0.05) is 0 Å². The molecule has 5 heteroatoms. The van der Waals surface area contributed by atoms with E-state index in [1.807, 2.05) is 0 Å². The number of aromatic nitrogens is 1. The third-order valence-corrected chi connectivity index (χ3v) is 1.58. The predicted octanol–water partition coefficient (Wildman–Crippen LogP) is 1.97. The van der Waals surface area contributed by atoms with Crippen molar-refractivity contribution in [1.82, 2.24) is 4.98 Å². The van der Waals surface area contributed by atoms with Crippen molar-refractivity contribution in [3.8, 4) is 5.75 Å². The van der Waals surface area contributed by atoms with Crippen LogP contribution in [0, 0.1) is 0 Å². The summed E-state index contributed by atoms with van der Waals surface area (Å²) in [6.07, 6.45) is 0.648. The largest absolute Gasteiger partial charge is 0.513 e. The van der Waals surface area contributed by atoms with Crippen molar-refractivity contribution in [2.75, 3.05) is 7.11 Å². The highest BCUT2D eigenvalue weighted by atomic mass is 35.5. The van der Waals surface area contributed by atoms with Crippen LogP contribution >= 0.6 is 11.6 Å². The van der Waals surface area contributed by atoms with Crippen molar-refractivity contribution in [3.05, 3.63) is 24.0 Å². The van der Waals surface area contributed by atoms with Crippen LogP contribution in [0.2, 0.25) is 0 Å². The zero-order valence-corrected chi connectivity index (χ0v) is 7.75. The molecule has 0 bridgehead atoms. The van der Waals surface area contributed by atoms with Gasteiger partial charge in [0.1, 0.15) is 0 Å². The molecule has 0 aliphatic rings. The molecule has 13 heavy (non-hydrogen) atoms. The number of methoxy groups -OCH3 is 1. The molecule has 0 saturated carbocycles. The van der Waals surface area contributed by atoms with E-state index >= 15 is 0 Å². The minimum atomic E-state index is -0.763. The van der Waals surface area contributed by atoms with Gasteiger partial charge < -0.3 is 9.47 Å². The van der Waals surface area contributed by atoms with Crippen LogP contribution in [0.1, 0.15) is 5.69 Å². The summed E-state index contributed by atoms with van der Waals surface area (Å²) in [7, 11) is 1.24. The second-order valence-electron chi connectivity index (χ2n) is 2.18. The van der Waals surface area contributed by atoms with Gasteiger partial charge in [-0.2, -0.15) is 0 Å². The van der Waals surface area contributed by atoms with Crippen LogP contribution in [0.15, 0.2) is 18.3 Å². The molecule has 0 aliphatic heterocycles. The normalized spacial score (nSPS) is 9.38. The van der Waals surface area contributed by atoms with Gasteiger partial charge in [0.2, 0.25) is 0 Å².